The van der Waals surface area contributed by atoms with Gasteiger partial charge >= 0.3 is 0 Å². The molecule has 1 aromatic rings. The van der Waals surface area contributed by atoms with Gasteiger partial charge in [-0.05, 0) is 24.6 Å². The monoisotopic (exact) mass is 211 g/mol. The van der Waals surface area contributed by atoms with Crippen molar-refractivity contribution < 1.29 is 14.4 Å². The van der Waals surface area contributed by atoms with E-state index in [-0.39, 0.29) is 16.6 Å². The Morgan fingerprint density at radius 2 is 2.21 bits per heavy atom. The second-order valence-corrected chi connectivity index (χ2v) is 3.88. The van der Waals surface area contributed by atoms with Gasteiger partial charge in [-0.15, -0.1) is 0 Å². The van der Waals surface area contributed by atoms with Crippen molar-refractivity contribution in [2.45, 2.75) is 11.8 Å². The van der Waals surface area contributed by atoms with Gasteiger partial charge in [0.15, 0.2) is 5.04 Å². The zero-order valence-corrected chi connectivity index (χ0v) is 8.06. The Balaban J connectivity index is 2.65. The molecule has 0 spiro atoms. The number of carbonyl (C=O) groups excluding carboxylic acids is 1. The van der Waals surface area contributed by atoms with Crippen LogP contribution in [0.1, 0.15) is 15.9 Å². The highest BCUT2D eigenvalue weighted by Gasteiger charge is 2.30. The number of thioether (sulfide) groups is 1. The molecule has 2 rings (SSSR count). The molecule has 0 saturated carbocycles. The van der Waals surface area contributed by atoms with Gasteiger partial charge in [0, 0.05) is 10.5 Å². The third-order valence-electron chi connectivity index (χ3n) is 2.07. The summed E-state index contributed by atoms with van der Waals surface area (Å²) in [6, 6.07) is 2.65. The van der Waals surface area contributed by atoms with Gasteiger partial charge in [0.05, 0.1) is 0 Å². The van der Waals surface area contributed by atoms with E-state index in [4.69, 9.17) is 5.21 Å². The lowest BCUT2D eigenvalue weighted by molar-refractivity contribution is 0.106. The fourth-order valence-corrected chi connectivity index (χ4v) is 2.26. The standard InChI is InChI=1S/C9H6FNO2S/c1-4-6(10)3-2-5-7(12)9(11-13)14-8(4)5/h2-3,13H,1H3. The van der Waals surface area contributed by atoms with Crippen molar-refractivity contribution in [3.8, 4) is 0 Å². The van der Waals surface area contributed by atoms with E-state index in [1.165, 1.54) is 12.1 Å². The molecule has 1 N–H and O–H groups in total. The first-order valence-electron chi connectivity index (χ1n) is 3.89. The number of carbonyl (C=O) groups is 1. The van der Waals surface area contributed by atoms with Gasteiger partial charge in [0.25, 0.3) is 0 Å². The predicted molar refractivity (Wildman–Crippen MR) is 50.5 cm³/mol. The summed E-state index contributed by atoms with van der Waals surface area (Å²) in [4.78, 5) is 12.0. The number of benzene rings is 1. The molecule has 5 heteroatoms. The normalized spacial score (nSPS) is 17.6. The molecule has 0 unspecified atom stereocenters. The number of ketones is 1. The van der Waals surface area contributed by atoms with Crippen LogP contribution in [0, 0.1) is 12.7 Å². The van der Waals surface area contributed by atoms with Crippen molar-refractivity contribution >= 4 is 22.6 Å². The molecule has 0 aromatic heterocycles. The molecule has 1 aromatic carbocycles. The van der Waals surface area contributed by atoms with E-state index in [0.29, 0.717) is 16.0 Å². The maximum atomic E-state index is 13.1. The van der Waals surface area contributed by atoms with E-state index in [9.17, 15) is 9.18 Å². The number of hydrogen-bond donors (Lipinski definition) is 1. The average Bonchev–Trinajstić information content (AvgIpc) is 2.50. The van der Waals surface area contributed by atoms with Gasteiger partial charge in [0.2, 0.25) is 5.78 Å². The van der Waals surface area contributed by atoms with Crippen molar-refractivity contribution in [1.29, 1.82) is 0 Å². The third-order valence-corrected chi connectivity index (χ3v) is 3.26. The molecule has 1 heterocycles. The number of nitrogens with zero attached hydrogens (tertiary/aromatic N) is 1. The van der Waals surface area contributed by atoms with Crippen LogP contribution in [0.5, 0.6) is 0 Å². The van der Waals surface area contributed by atoms with Crippen LogP contribution in [0.15, 0.2) is 22.2 Å². The second kappa shape index (κ2) is 3.09. The van der Waals surface area contributed by atoms with E-state index < -0.39 is 0 Å². The zero-order valence-electron chi connectivity index (χ0n) is 7.24. The van der Waals surface area contributed by atoms with E-state index in [1.54, 1.807) is 6.92 Å². The van der Waals surface area contributed by atoms with Crippen molar-refractivity contribution in [3.05, 3.63) is 29.1 Å². The summed E-state index contributed by atoms with van der Waals surface area (Å²) in [6.45, 7) is 1.59. The lowest BCUT2D eigenvalue weighted by Gasteiger charge is -2.00. The minimum absolute atomic E-state index is 0.00583. The summed E-state index contributed by atoms with van der Waals surface area (Å²) >= 11 is 0.996. The maximum Gasteiger partial charge on any atom is 0.222 e. The molecule has 1 aliphatic rings. The molecule has 0 amide bonds. The van der Waals surface area contributed by atoms with Crippen LogP contribution < -0.4 is 0 Å². The fraction of sp³-hybridized carbons (Fsp3) is 0.111. The fourth-order valence-electron chi connectivity index (χ4n) is 1.30. The first-order valence-corrected chi connectivity index (χ1v) is 4.70. The molecule has 0 atom stereocenters. The van der Waals surface area contributed by atoms with Crippen molar-refractivity contribution in [3.63, 3.8) is 0 Å². The van der Waals surface area contributed by atoms with E-state index in [1.807, 2.05) is 0 Å². The number of hydrogen-bond acceptors (Lipinski definition) is 4. The van der Waals surface area contributed by atoms with Crippen molar-refractivity contribution in [2.75, 3.05) is 0 Å². The Bertz CT molecular complexity index is 456. The number of Topliss-reactive ketones (excluding diaryl/α,β-unsaturated/α-hetero) is 1. The molecule has 0 aliphatic carbocycles. The van der Waals surface area contributed by atoms with Crippen LogP contribution in [0.2, 0.25) is 0 Å². The third kappa shape index (κ3) is 1.13. The van der Waals surface area contributed by atoms with Crippen LogP contribution in [0.4, 0.5) is 4.39 Å². The molecular formula is C9H6FNO2S. The maximum absolute atomic E-state index is 13.1. The number of halogens is 1. The summed E-state index contributed by atoms with van der Waals surface area (Å²) in [5.41, 5.74) is 0.821. The van der Waals surface area contributed by atoms with Gasteiger partial charge in [-0.25, -0.2) is 4.39 Å². The Kier molecular flexibility index (Phi) is 2.03. The highest BCUT2D eigenvalue weighted by atomic mass is 32.2. The predicted octanol–water partition coefficient (Wildman–Crippen LogP) is 2.21. The Hall–Kier alpha value is -1.36. The highest BCUT2D eigenvalue weighted by molar-refractivity contribution is 8.16. The van der Waals surface area contributed by atoms with Crippen LogP contribution in [-0.4, -0.2) is 16.0 Å². The first-order chi connectivity index (χ1) is 6.65. The second-order valence-electron chi connectivity index (χ2n) is 2.89. The number of fused-ring (bicyclic) bond motifs is 1. The lowest BCUT2D eigenvalue weighted by Crippen LogP contribution is -2.03. The molecule has 72 valence electrons. The van der Waals surface area contributed by atoms with E-state index in [2.05, 4.69) is 5.16 Å². The lowest BCUT2D eigenvalue weighted by atomic mass is 10.1. The summed E-state index contributed by atoms with van der Waals surface area (Å²) in [6.07, 6.45) is 0. The van der Waals surface area contributed by atoms with Gasteiger partial charge < -0.3 is 5.21 Å². The van der Waals surface area contributed by atoms with Gasteiger partial charge in [-0.2, -0.15) is 0 Å². The van der Waals surface area contributed by atoms with Crippen LogP contribution in [0.25, 0.3) is 0 Å². The Morgan fingerprint density at radius 3 is 2.86 bits per heavy atom. The molecule has 0 saturated heterocycles. The van der Waals surface area contributed by atoms with E-state index in [0.717, 1.165) is 11.8 Å². The van der Waals surface area contributed by atoms with Crippen LogP contribution >= 0.6 is 11.8 Å². The highest BCUT2D eigenvalue weighted by Crippen LogP contribution is 2.36. The Labute approximate surface area is 83.6 Å². The molecule has 0 fully saturated rings. The summed E-state index contributed by atoms with van der Waals surface area (Å²) in [5, 5.41) is 11.4. The molecule has 14 heavy (non-hydrogen) atoms. The smallest absolute Gasteiger partial charge is 0.222 e. The largest absolute Gasteiger partial charge is 0.410 e. The molecule has 0 bridgehead atoms. The minimum Gasteiger partial charge on any atom is -0.410 e. The average molecular weight is 211 g/mol. The number of oxime groups is 1. The molecule has 0 radical (unpaired) electrons. The quantitative estimate of drug-likeness (QED) is 0.528. The van der Waals surface area contributed by atoms with E-state index >= 15 is 0 Å². The molecule has 1 aliphatic heterocycles. The number of rotatable bonds is 0. The van der Waals surface area contributed by atoms with Crippen LogP contribution in [0.3, 0.4) is 0 Å². The minimum atomic E-state index is -0.358. The SMILES string of the molecule is Cc1c(F)ccc2c1SC(=NO)C2=O. The van der Waals surface area contributed by atoms with Gasteiger partial charge in [-0.1, -0.05) is 16.9 Å². The zero-order chi connectivity index (χ0) is 10.3. The van der Waals surface area contributed by atoms with Gasteiger partial charge in [-0.3, -0.25) is 4.79 Å². The Morgan fingerprint density at radius 1 is 1.50 bits per heavy atom. The molecular weight excluding hydrogens is 205 g/mol. The van der Waals surface area contributed by atoms with Crippen molar-refractivity contribution in [2.24, 2.45) is 5.16 Å². The van der Waals surface area contributed by atoms with Crippen LogP contribution in [-0.2, 0) is 0 Å². The summed E-state index contributed by atoms with van der Waals surface area (Å²) < 4.78 is 13.1. The first kappa shape index (κ1) is 9.21. The summed E-state index contributed by atoms with van der Waals surface area (Å²) in [5.74, 6) is -0.709. The van der Waals surface area contributed by atoms with Gasteiger partial charge in [0.1, 0.15) is 5.82 Å². The topological polar surface area (TPSA) is 49.7 Å². The molecule has 3 nitrogen and oxygen atoms in total. The summed E-state index contributed by atoms with van der Waals surface area (Å²) in [7, 11) is 0. The van der Waals surface area contributed by atoms with Crippen molar-refractivity contribution in [1.82, 2.24) is 0 Å².